The number of carbonyl (C=O) groups is 2. The Balaban J connectivity index is 1.34. The SMILES string of the molecule is CCOC(=O)c1c(NC(=O)CSc2n[nH]c(COc3ccc(Cl)c(C)c3)n2)sc2c1CCC(C)C2. The summed E-state index contributed by atoms with van der Waals surface area (Å²) in [6, 6.07) is 5.43. The van der Waals surface area contributed by atoms with Gasteiger partial charge in [0.2, 0.25) is 11.1 Å². The van der Waals surface area contributed by atoms with Crippen molar-refractivity contribution in [1.29, 1.82) is 0 Å². The number of halogens is 1. The van der Waals surface area contributed by atoms with Crippen molar-refractivity contribution in [2.24, 2.45) is 5.92 Å². The zero-order valence-corrected chi connectivity index (χ0v) is 22.2. The number of hydrogen-bond acceptors (Lipinski definition) is 8. The number of amides is 1. The van der Waals surface area contributed by atoms with E-state index in [1.165, 1.54) is 23.1 Å². The molecule has 35 heavy (non-hydrogen) atoms. The number of ether oxygens (including phenoxy) is 2. The van der Waals surface area contributed by atoms with Gasteiger partial charge in [0, 0.05) is 9.90 Å². The quantitative estimate of drug-likeness (QED) is 0.278. The minimum absolute atomic E-state index is 0.107. The largest absolute Gasteiger partial charge is 0.486 e. The zero-order valence-electron chi connectivity index (χ0n) is 19.8. The molecule has 0 saturated heterocycles. The molecular weight excluding hydrogens is 508 g/mol. The van der Waals surface area contributed by atoms with Gasteiger partial charge in [0.1, 0.15) is 17.4 Å². The van der Waals surface area contributed by atoms with Gasteiger partial charge in [-0.2, -0.15) is 0 Å². The van der Waals surface area contributed by atoms with Crippen molar-refractivity contribution in [3.8, 4) is 5.75 Å². The lowest BCUT2D eigenvalue weighted by molar-refractivity contribution is -0.113. The van der Waals surface area contributed by atoms with E-state index in [4.69, 9.17) is 21.1 Å². The predicted molar refractivity (Wildman–Crippen MR) is 138 cm³/mol. The van der Waals surface area contributed by atoms with Crippen LogP contribution < -0.4 is 10.1 Å². The highest BCUT2D eigenvalue weighted by molar-refractivity contribution is 7.99. The fourth-order valence-corrected chi connectivity index (χ4v) is 5.97. The van der Waals surface area contributed by atoms with Crippen LogP contribution in [0, 0.1) is 12.8 Å². The van der Waals surface area contributed by atoms with Crippen LogP contribution in [-0.2, 0) is 29.0 Å². The number of nitrogens with one attached hydrogen (secondary N) is 2. The van der Waals surface area contributed by atoms with Crippen LogP contribution >= 0.6 is 34.7 Å². The fraction of sp³-hybridized carbons (Fsp3) is 0.417. The van der Waals surface area contributed by atoms with E-state index in [0.29, 0.717) is 38.2 Å². The van der Waals surface area contributed by atoms with Gasteiger partial charge in [-0.3, -0.25) is 9.89 Å². The number of aromatic nitrogens is 3. The van der Waals surface area contributed by atoms with Crippen LogP contribution in [0.3, 0.4) is 0 Å². The Kier molecular flexibility index (Phi) is 8.35. The first-order valence-electron chi connectivity index (χ1n) is 11.4. The highest BCUT2D eigenvalue weighted by Crippen LogP contribution is 2.40. The molecule has 0 radical (unpaired) electrons. The monoisotopic (exact) mass is 534 g/mol. The minimum atomic E-state index is -0.378. The van der Waals surface area contributed by atoms with Crippen molar-refractivity contribution in [3.05, 3.63) is 50.6 Å². The summed E-state index contributed by atoms with van der Waals surface area (Å²) in [6.45, 7) is 6.39. The molecular formula is C24H27ClN4O4S2. The number of aryl methyl sites for hydroxylation is 1. The van der Waals surface area contributed by atoms with Gasteiger partial charge in [0.05, 0.1) is 17.9 Å². The van der Waals surface area contributed by atoms with Crippen LogP contribution in [0.2, 0.25) is 5.02 Å². The average molecular weight is 535 g/mol. The molecule has 0 saturated carbocycles. The first kappa shape index (κ1) is 25.5. The number of hydrogen-bond donors (Lipinski definition) is 2. The number of thiophene rings is 1. The second kappa shape index (κ2) is 11.5. The lowest BCUT2D eigenvalue weighted by Gasteiger charge is -2.18. The number of benzene rings is 1. The Bertz CT molecular complexity index is 1230. The number of rotatable bonds is 9. The van der Waals surface area contributed by atoms with Crippen molar-refractivity contribution >= 4 is 51.6 Å². The Hall–Kier alpha value is -2.56. The maximum Gasteiger partial charge on any atom is 0.341 e. The van der Waals surface area contributed by atoms with E-state index in [1.807, 2.05) is 13.0 Å². The number of thioether (sulfide) groups is 1. The number of fused-ring (bicyclic) bond motifs is 1. The van der Waals surface area contributed by atoms with E-state index in [0.717, 1.165) is 35.3 Å². The predicted octanol–water partition coefficient (Wildman–Crippen LogP) is 5.44. The van der Waals surface area contributed by atoms with Crippen LogP contribution in [-0.4, -0.2) is 39.4 Å². The van der Waals surface area contributed by atoms with E-state index in [2.05, 4.69) is 27.4 Å². The molecule has 1 aliphatic carbocycles. The van der Waals surface area contributed by atoms with Crippen LogP contribution in [0.5, 0.6) is 5.75 Å². The third-order valence-corrected chi connectivity index (χ3v) is 8.03. The Labute approximate surface area is 217 Å². The summed E-state index contributed by atoms with van der Waals surface area (Å²) in [4.78, 5) is 30.8. The standard InChI is InChI=1S/C24H27ClN4O4S2/c1-4-32-23(31)21-16-7-5-13(2)9-18(16)35-22(21)27-20(30)12-34-24-26-19(28-29-24)11-33-15-6-8-17(25)14(3)10-15/h6,8,10,13H,4-5,7,9,11-12H2,1-3H3,(H,27,30)(H,26,28,29). The van der Waals surface area contributed by atoms with Gasteiger partial charge in [0.25, 0.3) is 0 Å². The topological polar surface area (TPSA) is 106 Å². The summed E-state index contributed by atoms with van der Waals surface area (Å²) in [5.41, 5.74) is 2.45. The summed E-state index contributed by atoms with van der Waals surface area (Å²) >= 11 is 8.72. The first-order chi connectivity index (χ1) is 16.8. The Morgan fingerprint density at radius 3 is 2.97 bits per heavy atom. The van der Waals surface area contributed by atoms with Crippen LogP contribution in [0.25, 0.3) is 0 Å². The molecule has 0 aliphatic heterocycles. The van der Waals surface area contributed by atoms with E-state index >= 15 is 0 Å². The van der Waals surface area contributed by atoms with Gasteiger partial charge in [-0.1, -0.05) is 30.3 Å². The molecule has 2 N–H and O–H groups in total. The number of anilines is 1. The molecule has 0 fully saturated rings. The van der Waals surface area contributed by atoms with Crippen molar-refractivity contribution < 1.29 is 19.1 Å². The molecule has 4 rings (SSSR count). The van der Waals surface area contributed by atoms with Crippen LogP contribution in [0.15, 0.2) is 23.4 Å². The lowest BCUT2D eigenvalue weighted by atomic mass is 9.88. The molecule has 1 unspecified atom stereocenters. The van der Waals surface area contributed by atoms with Crippen molar-refractivity contribution in [3.63, 3.8) is 0 Å². The molecule has 1 aromatic carbocycles. The Morgan fingerprint density at radius 1 is 1.37 bits per heavy atom. The zero-order chi connectivity index (χ0) is 24.9. The van der Waals surface area contributed by atoms with E-state index in [9.17, 15) is 9.59 Å². The van der Waals surface area contributed by atoms with E-state index < -0.39 is 0 Å². The second-order valence-corrected chi connectivity index (χ2v) is 10.8. The van der Waals surface area contributed by atoms with Gasteiger partial charge in [-0.25, -0.2) is 9.78 Å². The number of esters is 1. The molecule has 3 aromatic rings. The summed E-state index contributed by atoms with van der Waals surface area (Å²) in [5, 5.41) is 11.6. The molecule has 2 aromatic heterocycles. The highest BCUT2D eigenvalue weighted by Gasteiger charge is 2.29. The van der Waals surface area contributed by atoms with Gasteiger partial charge in [0.15, 0.2) is 5.82 Å². The molecule has 186 valence electrons. The number of H-pyrrole nitrogens is 1. The molecule has 8 nitrogen and oxygen atoms in total. The number of nitrogens with zero attached hydrogens (tertiary/aromatic N) is 2. The molecule has 11 heteroatoms. The van der Waals surface area contributed by atoms with Gasteiger partial charge >= 0.3 is 5.97 Å². The molecule has 1 amide bonds. The normalized spacial score (nSPS) is 14.9. The van der Waals surface area contributed by atoms with Crippen LogP contribution in [0.4, 0.5) is 5.00 Å². The summed E-state index contributed by atoms with van der Waals surface area (Å²) < 4.78 is 11.0. The van der Waals surface area contributed by atoms with Gasteiger partial charge < -0.3 is 14.8 Å². The minimum Gasteiger partial charge on any atom is -0.486 e. The highest BCUT2D eigenvalue weighted by atomic mass is 35.5. The first-order valence-corrected chi connectivity index (χ1v) is 13.6. The lowest BCUT2D eigenvalue weighted by Crippen LogP contribution is -2.17. The van der Waals surface area contributed by atoms with Crippen molar-refractivity contribution in [1.82, 2.24) is 15.2 Å². The van der Waals surface area contributed by atoms with Crippen molar-refractivity contribution in [2.45, 2.75) is 51.8 Å². The molecule has 1 atom stereocenters. The number of aromatic amines is 1. The van der Waals surface area contributed by atoms with Gasteiger partial charge in [-0.05, 0) is 68.4 Å². The summed E-state index contributed by atoms with van der Waals surface area (Å²) in [7, 11) is 0. The van der Waals surface area contributed by atoms with E-state index in [1.54, 1.807) is 19.1 Å². The second-order valence-electron chi connectivity index (χ2n) is 8.38. The summed E-state index contributed by atoms with van der Waals surface area (Å²) in [6.07, 6.45) is 2.76. The third-order valence-electron chi connectivity index (χ3n) is 5.59. The number of carbonyl (C=O) groups excluding carboxylic acids is 2. The maximum atomic E-state index is 12.7. The third kappa shape index (κ3) is 6.36. The molecule has 1 aliphatic rings. The fourth-order valence-electron chi connectivity index (χ4n) is 3.82. The Morgan fingerprint density at radius 2 is 2.20 bits per heavy atom. The smallest absolute Gasteiger partial charge is 0.341 e. The molecule has 0 spiro atoms. The summed E-state index contributed by atoms with van der Waals surface area (Å²) in [5.74, 6) is 1.29. The molecule has 2 heterocycles. The average Bonchev–Trinajstić information content (AvgIpc) is 3.42. The van der Waals surface area contributed by atoms with Crippen molar-refractivity contribution in [2.75, 3.05) is 17.7 Å². The molecule has 0 bridgehead atoms. The maximum absolute atomic E-state index is 12.7. The van der Waals surface area contributed by atoms with Gasteiger partial charge in [-0.15, -0.1) is 16.4 Å². The van der Waals surface area contributed by atoms with Crippen LogP contribution in [0.1, 0.15) is 52.5 Å². The van der Waals surface area contributed by atoms with E-state index in [-0.39, 0.29) is 30.8 Å².